The summed E-state index contributed by atoms with van der Waals surface area (Å²) in [7, 11) is 0. The van der Waals surface area contributed by atoms with Crippen LogP contribution in [-0.4, -0.2) is 11.1 Å². The number of benzene rings is 1. The minimum Gasteiger partial charge on any atom is -0.481 e. The second-order valence-electron chi connectivity index (χ2n) is 3.58. The molecule has 2 atom stereocenters. The van der Waals surface area contributed by atoms with Crippen molar-refractivity contribution in [3.05, 3.63) is 34.1 Å². The smallest absolute Gasteiger partial charge is 0.310 e. The van der Waals surface area contributed by atoms with E-state index >= 15 is 0 Å². The Morgan fingerprint density at radius 2 is 2.27 bits per heavy atom. The molecule has 0 spiro atoms. The summed E-state index contributed by atoms with van der Waals surface area (Å²) < 4.78 is 27.0. The van der Waals surface area contributed by atoms with Gasteiger partial charge in [0.1, 0.15) is 5.82 Å². The Hall–Kier alpha value is -0.970. The number of carbonyl (C=O) groups is 1. The SMILES string of the molecule is O=C(O)[C@H]1C[C@]1(F)c1ccc(F)cc1Br. The number of aliphatic carboxylic acids is 1. The van der Waals surface area contributed by atoms with Crippen molar-refractivity contribution < 1.29 is 18.7 Å². The fourth-order valence-corrected chi connectivity index (χ4v) is 2.33. The summed E-state index contributed by atoms with van der Waals surface area (Å²) in [5.74, 6) is -2.66. The molecule has 1 aliphatic carbocycles. The van der Waals surface area contributed by atoms with Crippen molar-refractivity contribution in [1.29, 1.82) is 0 Å². The number of carboxylic acid groups (broad SMARTS) is 1. The van der Waals surface area contributed by atoms with Crippen molar-refractivity contribution in [3.63, 3.8) is 0 Å². The van der Waals surface area contributed by atoms with Gasteiger partial charge >= 0.3 is 5.97 Å². The molecule has 0 aliphatic heterocycles. The van der Waals surface area contributed by atoms with E-state index in [0.717, 1.165) is 12.1 Å². The van der Waals surface area contributed by atoms with Crippen LogP contribution in [0, 0.1) is 11.7 Å². The third-order valence-electron chi connectivity index (χ3n) is 2.57. The molecule has 1 aliphatic rings. The van der Waals surface area contributed by atoms with Crippen LogP contribution < -0.4 is 0 Å². The zero-order chi connectivity index (χ0) is 11.2. The van der Waals surface area contributed by atoms with Crippen molar-refractivity contribution in [1.82, 2.24) is 0 Å². The quantitative estimate of drug-likeness (QED) is 0.902. The van der Waals surface area contributed by atoms with E-state index in [-0.39, 0.29) is 16.5 Å². The van der Waals surface area contributed by atoms with Gasteiger partial charge in [-0.3, -0.25) is 4.79 Å². The highest BCUT2D eigenvalue weighted by Gasteiger charge is 2.62. The van der Waals surface area contributed by atoms with Gasteiger partial charge in [0.15, 0.2) is 5.67 Å². The second kappa shape index (κ2) is 3.27. The van der Waals surface area contributed by atoms with Crippen LogP contribution >= 0.6 is 15.9 Å². The summed E-state index contributed by atoms with van der Waals surface area (Å²) in [6.07, 6.45) is -0.0490. The van der Waals surface area contributed by atoms with Crippen LogP contribution in [0.2, 0.25) is 0 Å². The molecular weight excluding hydrogens is 270 g/mol. The van der Waals surface area contributed by atoms with Crippen molar-refractivity contribution in [2.24, 2.45) is 5.92 Å². The van der Waals surface area contributed by atoms with Crippen LogP contribution in [0.5, 0.6) is 0 Å². The Labute approximate surface area is 93.0 Å². The average molecular weight is 277 g/mol. The minimum atomic E-state index is -1.85. The Morgan fingerprint density at radius 1 is 1.60 bits per heavy atom. The first kappa shape index (κ1) is 10.5. The van der Waals surface area contributed by atoms with E-state index in [0.29, 0.717) is 0 Å². The van der Waals surface area contributed by atoms with Crippen LogP contribution in [0.25, 0.3) is 0 Å². The monoisotopic (exact) mass is 276 g/mol. The van der Waals surface area contributed by atoms with Gasteiger partial charge in [0.25, 0.3) is 0 Å². The summed E-state index contributed by atoms with van der Waals surface area (Å²) in [6, 6.07) is 3.54. The molecule has 1 aromatic rings. The Kier molecular flexibility index (Phi) is 2.30. The molecule has 1 saturated carbocycles. The van der Waals surface area contributed by atoms with Crippen molar-refractivity contribution in [2.45, 2.75) is 12.1 Å². The molecule has 15 heavy (non-hydrogen) atoms. The zero-order valence-electron chi connectivity index (χ0n) is 7.51. The summed E-state index contributed by atoms with van der Waals surface area (Å²) in [5, 5.41) is 8.67. The lowest BCUT2D eigenvalue weighted by Gasteiger charge is -2.08. The van der Waals surface area contributed by atoms with E-state index in [1.165, 1.54) is 6.07 Å². The van der Waals surface area contributed by atoms with E-state index in [9.17, 15) is 13.6 Å². The maximum atomic E-state index is 14.0. The van der Waals surface area contributed by atoms with E-state index in [2.05, 4.69) is 15.9 Å². The minimum absolute atomic E-state index is 0.0490. The lowest BCUT2D eigenvalue weighted by molar-refractivity contribution is -0.139. The first-order valence-corrected chi connectivity index (χ1v) is 5.11. The fourth-order valence-electron chi connectivity index (χ4n) is 1.65. The molecule has 0 unspecified atom stereocenters. The van der Waals surface area contributed by atoms with E-state index in [4.69, 9.17) is 5.11 Å². The van der Waals surface area contributed by atoms with Crippen molar-refractivity contribution in [3.8, 4) is 0 Å². The van der Waals surface area contributed by atoms with Crippen LogP contribution in [-0.2, 0) is 10.5 Å². The van der Waals surface area contributed by atoms with Crippen LogP contribution in [0.3, 0.4) is 0 Å². The van der Waals surface area contributed by atoms with E-state index in [1.54, 1.807) is 0 Å². The number of carboxylic acids is 1. The highest BCUT2D eigenvalue weighted by atomic mass is 79.9. The molecule has 80 valence electrons. The third-order valence-corrected chi connectivity index (χ3v) is 3.23. The molecule has 2 rings (SSSR count). The van der Waals surface area contributed by atoms with Gasteiger partial charge in [-0.1, -0.05) is 22.0 Å². The normalized spacial score (nSPS) is 28.9. The van der Waals surface area contributed by atoms with Crippen molar-refractivity contribution in [2.75, 3.05) is 0 Å². The molecule has 2 nitrogen and oxygen atoms in total. The molecule has 5 heteroatoms. The molecule has 0 amide bonds. The van der Waals surface area contributed by atoms with Gasteiger partial charge in [-0.2, -0.15) is 0 Å². The lowest BCUT2D eigenvalue weighted by Crippen LogP contribution is -2.10. The van der Waals surface area contributed by atoms with Gasteiger partial charge in [0, 0.05) is 16.5 Å². The van der Waals surface area contributed by atoms with Gasteiger partial charge in [0.05, 0.1) is 5.92 Å². The third kappa shape index (κ3) is 1.65. The van der Waals surface area contributed by atoms with Crippen LogP contribution in [0.4, 0.5) is 8.78 Å². The molecule has 1 fully saturated rings. The van der Waals surface area contributed by atoms with Crippen LogP contribution in [0.1, 0.15) is 12.0 Å². The molecule has 1 N–H and O–H groups in total. The van der Waals surface area contributed by atoms with Gasteiger partial charge in [-0.25, -0.2) is 8.78 Å². The predicted molar refractivity (Wildman–Crippen MR) is 52.6 cm³/mol. The second-order valence-corrected chi connectivity index (χ2v) is 4.44. The first-order chi connectivity index (χ1) is 6.95. The summed E-state index contributed by atoms with van der Waals surface area (Å²) in [4.78, 5) is 10.6. The summed E-state index contributed by atoms with van der Waals surface area (Å²) >= 11 is 3.03. The molecular formula is C10H7BrF2O2. The predicted octanol–water partition coefficient (Wildman–Crippen LogP) is 2.86. The molecule has 0 saturated heterocycles. The Morgan fingerprint density at radius 3 is 2.73 bits per heavy atom. The highest BCUT2D eigenvalue weighted by molar-refractivity contribution is 9.10. The number of alkyl halides is 1. The Bertz CT molecular complexity index is 435. The number of hydrogen-bond acceptors (Lipinski definition) is 1. The molecule has 0 heterocycles. The lowest BCUT2D eigenvalue weighted by atomic mass is 10.1. The fraction of sp³-hybridized carbons (Fsp3) is 0.300. The standard InChI is InChI=1S/C10H7BrF2O2/c11-8-3-5(12)1-2-6(8)10(13)4-7(10)9(14)15/h1-3,7H,4H2,(H,14,15)/t7-,10+/m1/s1. The van der Waals surface area contributed by atoms with Gasteiger partial charge in [-0.15, -0.1) is 0 Å². The zero-order valence-corrected chi connectivity index (χ0v) is 9.09. The molecule has 0 aromatic heterocycles. The van der Waals surface area contributed by atoms with Gasteiger partial charge in [-0.05, 0) is 12.1 Å². The van der Waals surface area contributed by atoms with Gasteiger partial charge < -0.3 is 5.11 Å². The highest BCUT2D eigenvalue weighted by Crippen LogP contribution is 2.57. The first-order valence-electron chi connectivity index (χ1n) is 4.32. The average Bonchev–Trinajstić information content (AvgIpc) is 2.78. The molecule has 0 bridgehead atoms. The van der Waals surface area contributed by atoms with Gasteiger partial charge in [0.2, 0.25) is 0 Å². The molecule has 1 aromatic carbocycles. The number of hydrogen-bond donors (Lipinski definition) is 1. The van der Waals surface area contributed by atoms with Crippen molar-refractivity contribution >= 4 is 21.9 Å². The maximum Gasteiger partial charge on any atom is 0.310 e. The topological polar surface area (TPSA) is 37.3 Å². The largest absolute Gasteiger partial charge is 0.481 e. The molecule has 0 radical (unpaired) electrons. The summed E-state index contributed by atoms with van der Waals surface area (Å²) in [6.45, 7) is 0. The van der Waals surface area contributed by atoms with E-state index < -0.39 is 23.4 Å². The van der Waals surface area contributed by atoms with Crippen LogP contribution in [0.15, 0.2) is 22.7 Å². The van der Waals surface area contributed by atoms with E-state index in [1.807, 2.05) is 0 Å². The maximum absolute atomic E-state index is 14.0. The Balaban J connectivity index is 2.36. The summed E-state index contributed by atoms with van der Waals surface area (Å²) in [5.41, 5.74) is -1.64. The number of rotatable bonds is 2. The number of halogens is 3.